The van der Waals surface area contributed by atoms with E-state index in [2.05, 4.69) is 10.2 Å². The number of ether oxygens (including phenoxy) is 2. The second-order valence-electron chi connectivity index (χ2n) is 4.67. The van der Waals surface area contributed by atoms with Crippen molar-refractivity contribution in [2.75, 3.05) is 24.9 Å². The van der Waals surface area contributed by atoms with E-state index in [1.54, 1.807) is 0 Å². The number of carbonyl (C=O) groups is 1. The van der Waals surface area contributed by atoms with Gasteiger partial charge in [-0.1, -0.05) is 11.3 Å². The highest BCUT2D eigenvalue weighted by Crippen LogP contribution is 2.47. The summed E-state index contributed by atoms with van der Waals surface area (Å²) >= 11 is 2.49. The quantitative estimate of drug-likeness (QED) is 0.584. The first-order chi connectivity index (χ1) is 11.6. The Morgan fingerprint density at radius 2 is 2.04 bits per heavy atom. The molecule has 11 heteroatoms. The number of amides is 1. The summed E-state index contributed by atoms with van der Waals surface area (Å²) in [6, 6.07) is 2.83. The Morgan fingerprint density at radius 3 is 2.62 bits per heavy atom. The monoisotopic (exact) mass is 368 g/mol. The van der Waals surface area contributed by atoms with Crippen molar-refractivity contribution in [2.24, 2.45) is 0 Å². The molecule has 1 fully saturated rings. The molecule has 1 atom stereocenters. The van der Waals surface area contributed by atoms with Crippen molar-refractivity contribution in [1.82, 2.24) is 10.2 Å². The SMILES string of the molecule is COc1cc(C2SCC(=O)N2c2nncs2)c([N+](=O)[O-])cc1OC. The van der Waals surface area contributed by atoms with Gasteiger partial charge in [-0.3, -0.25) is 19.8 Å². The van der Waals surface area contributed by atoms with Crippen LogP contribution in [0, 0.1) is 10.1 Å². The summed E-state index contributed by atoms with van der Waals surface area (Å²) < 4.78 is 10.4. The normalized spacial score (nSPS) is 17.2. The topological polar surface area (TPSA) is 108 Å². The molecule has 1 aromatic carbocycles. The smallest absolute Gasteiger partial charge is 0.279 e. The molecule has 0 aliphatic carbocycles. The molecule has 0 spiro atoms. The number of nitro groups is 1. The van der Waals surface area contributed by atoms with Gasteiger partial charge in [0.05, 0.1) is 36.5 Å². The van der Waals surface area contributed by atoms with Crippen molar-refractivity contribution in [3.8, 4) is 11.5 Å². The van der Waals surface area contributed by atoms with Crippen LogP contribution in [-0.2, 0) is 4.79 Å². The third-order valence-corrected chi connectivity index (χ3v) is 5.30. The molecule has 2 heterocycles. The van der Waals surface area contributed by atoms with E-state index in [0.717, 1.165) is 0 Å². The van der Waals surface area contributed by atoms with E-state index in [-0.39, 0.29) is 23.1 Å². The maximum Gasteiger partial charge on any atom is 0.279 e. The van der Waals surface area contributed by atoms with Gasteiger partial charge in [-0.2, -0.15) is 0 Å². The average Bonchev–Trinajstić information content (AvgIpc) is 3.22. The van der Waals surface area contributed by atoms with Crippen LogP contribution < -0.4 is 14.4 Å². The van der Waals surface area contributed by atoms with E-state index in [1.807, 2.05) is 0 Å². The minimum Gasteiger partial charge on any atom is -0.493 e. The Morgan fingerprint density at radius 1 is 1.33 bits per heavy atom. The highest BCUT2D eigenvalue weighted by molar-refractivity contribution is 8.00. The van der Waals surface area contributed by atoms with Crippen LogP contribution in [0.15, 0.2) is 17.6 Å². The molecule has 9 nitrogen and oxygen atoms in total. The Balaban J connectivity index is 2.13. The largest absolute Gasteiger partial charge is 0.493 e. The van der Waals surface area contributed by atoms with Crippen molar-refractivity contribution in [3.05, 3.63) is 33.3 Å². The van der Waals surface area contributed by atoms with Crippen LogP contribution in [0.3, 0.4) is 0 Å². The number of aromatic nitrogens is 2. The zero-order valence-corrected chi connectivity index (χ0v) is 14.3. The fourth-order valence-electron chi connectivity index (χ4n) is 2.37. The maximum absolute atomic E-state index is 12.2. The van der Waals surface area contributed by atoms with Gasteiger partial charge in [0, 0.05) is 0 Å². The fourth-order valence-corrected chi connectivity index (χ4v) is 4.22. The number of nitro benzene ring substituents is 1. The number of hydrogen-bond acceptors (Lipinski definition) is 9. The summed E-state index contributed by atoms with van der Waals surface area (Å²) in [5.41, 5.74) is 1.71. The maximum atomic E-state index is 12.2. The molecule has 1 aromatic heterocycles. The van der Waals surface area contributed by atoms with E-state index in [1.165, 1.54) is 59.9 Å². The minimum absolute atomic E-state index is 0.144. The molecule has 24 heavy (non-hydrogen) atoms. The van der Waals surface area contributed by atoms with Crippen molar-refractivity contribution in [1.29, 1.82) is 0 Å². The third-order valence-electron chi connectivity index (χ3n) is 3.42. The van der Waals surface area contributed by atoms with Crippen LogP contribution in [-0.4, -0.2) is 41.0 Å². The lowest BCUT2D eigenvalue weighted by molar-refractivity contribution is -0.385. The van der Waals surface area contributed by atoms with Crippen LogP contribution in [0.4, 0.5) is 10.8 Å². The van der Waals surface area contributed by atoms with Gasteiger partial charge in [0.1, 0.15) is 10.9 Å². The van der Waals surface area contributed by atoms with Gasteiger partial charge in [-0.25, -0.2) is 0 Å². The molecular weight excluding hydrogens is 356 g/mol. The van der Waals surface area contributed by atoms with E-state index in [0.29, 0.717) is 16.4 Å². The van der Waals surface area contributed by atoms with Gasteiger partial charge >= 0.3 is 0 Å². The van der Waals surface area contributed by atoms with Gasteiger partial charge in [0.15, 0.2) is 11.5 Å². The number of methoxy groups -OCH3 is 2. The molecule has 1 aliphatic rings. The van der Waals surface area contributed by atoms with E-state index in [9.17, 15) is 14.9 Å². The third kappa shape index (κ3) is 2.76. The molecular formula is C13H12N4O5S2. The molecule has 1 aliphatic heterocycles. The number of anilines is 1. The Bertz CT molecular complexity index is 783. The molecule has 0 N–H and O–H groups in total. The molecule has 126 valence electrons. The summed E-state index contributed by atoms with van der Waals surface area (Å²) in [7, 11) is 2.85. The lowest BCUT2D eigenvalue weighted by Crippen LogP contribution is -2.28. The van der Waals surface area contributed by atoms with Crippen molar-refractivity contribution < 1.29 is 19.2 Å². The first kappa shape index (κ1) is 16.5. The predicted molar refractivity (Wildman–Crippen MR) is 88.8 cm³/mol. The number of benzene rings is 1. The number of hydrogen-bond donors (Lipinski definition) is 0. The second-order valence-corrected chi connectivity index (χ2v) is 6.55. The standard InChI is InChI=1S/C13H12N4O5S2/c1-21-9-3-7(8(17(19)20)4-10(9)22-2)12-16(11(18)5-23-12)13-15-14-6-24-13/h3-4,6,12H,5H2,1-2H3. The summed E-state index contributed by atoms with van der Waals surface area (Å²) in [5, 5.41) is 19.0. The summed E-state index contributed by atoms with van der Waals surface area (Å²) in [6.45, 7) is 0. The van der Waals surface area contributed by atoms with Crippen molar-refractivity contribution in [2.45, 2.75) is 5.37 Å². The lowest BCUT2D eigenvalue weighted by atomic mass is 10.1. The molecule has 2 aromatic rings. The van der Waals surface area contributed by atoms with Crippen LogP contribution in [0.2, 0.25) is 0 Å². The van der Waals surface area contributed by atoms with Crippen molar-refractivity contribution in [3.63, 3.8) is 0 Å². The summed E-state index contributed by atoms with van der Waals surface area (Å²) in [4.78, 5) is 24.7. The lowest BCUT2D eigenvalue weighted by Gasteiger charge is -2.21. The van der Waals surface area contributed by atoms with Crippen LogP contribution >= 0.6 is 23.1 Å². The fraction of sp³-hybridized carbons (Fsp3) is 0.308. The number of carbonyl (C=O) groups excluding carboxylic acids is 1. The van der Waals surface area contributed by atoms with Crippen LogP contribution in [0.1, 0.15) is 10.9 Å². The van der Waals surface area contributed by atoms with Crippen LogP contribution in [0.5, 0.6) is 11.5 Å². The Hall–Kier alpha value is -2.40. The first-order valence-corrected chi connectivity index (χ1v) is 8.59. The van der Waals surface area contributed by atoms with Gasteiger partial charge in [0.25, 0.3) is 5.69 Å². The van der Waals surface area contributed by atoms with Gasteiger partial charge in [-0.05, 0) is 6.07 Å². The number of nitrogens with zero attached hydrogens (tertiary/aromatic N) is 4. The molecule has 1 saturated heterocycles. The van der Waals surface area contributed by atoms with Crippen molar-refractivity contribution >= 4 is 39.8 Å². The predicted octanol–water partition coefficient (Wildman–Crippen LogP) is 2.24. The van der Waals surface area contributed by atoms with Gasteiger partial charge < -0.3 is 9.47 Å². The average molecular weight is 368 g/mol. The van der Waals surface area contributed by atoms with E-state index >= 15 is 0 Å². The number of rotatable bonds is 5. The minimum atomic E-state index is -0.578. The van der Waals surface area contributed by atoms with E-state index in [4.69, 9.17) is 9.47 Å². The first-order valence-electron chi connectivity index (χ1n) is 6.67. The molecule has 3 rings (SSSR count). The zero-order valence-electron chi connectivity index (χ0n) is 12.7. The van der Waals surface area contributed by atoms with Crippen LogP contribution in [0.25, 0.3) is 0 Å². The molecule has 0 bridgehead atoms. The highest BCUT2D eigenvalue weighted by atomic mass is 32.2. The van der Waals surface area contributed by atoms with Gasteiger partial charge in [0.2, 0.25) is 11.0 Å². The second kappa shape index (κ2) is 6.61. The molecule has 0 saturated carbocycles. The highest BCUT2D eigenvalue weighted by Gasteiger charge is 2.40. The molecule has 1 unspecified atom stereocenters. The van der Waals surface area contributed by atoms with E-state index < -0.39 is 10.3 Å². The molecule has 0 radical (unpaired) electrons. The van der Waals surface area contributed by atoms with Gasteiger partial charge in [-0.15, -0.1) is 22.0 Å². The number of thioether (sulfide) groups is 1. The Labute approximate surface area is 144 Å². The molecule has 1 amide bonds. The summed E-state index contributed by atoms with van der Waals surface area (Å²) in [6.07, 6.45) is 0. The summed E-state index contributed by atoms with van der Waals surface area (Å²) in [5.74, 6) is 0.640. The Kier molecular flexibility index (Phi) is 4.53. The zero-order chi connectivity index (χ0) is 17.3.